The zero-order valence-corrected chi connectivity index (χ0v) is 12.1. The Morgan fingerprint density at radius 1 is 1.43 bits per heavy atom. The summed E-state index contributed by atoms with van der Waals surface area (Å²) >= 11 is 0. The molecular formula is C11H14N4O5S. The number of hydrogen-bond acceptors (Lipinski definition) is 7. The number of nitro groups is 1. The summed E-state index contributed by atoms with van der Waals surface area (Å²) in [5.41, 5.74) is -0.229. The van der Waals surface area contributed by atoms with Crippen LogP contribution < -0.4 is 5.32 Å². The lowest BCUT2D eigenvalue weighted by Gasteiger charge is -2.27. The van der Waals surface area contributed by atoms with Crippen LogP contribution in [0.1, 0.15) is 10.4 Å². The number of rotatable bonds is 3. The molecule has 1 aromatic heterocycles. The monoisotopic (exact) mass is 314 g/mol. The van der Waals surface area contributed by atoms with E-state index < -0.39 is 20.7 Å². The Balaban J connectivity index is 2.30. The summed E-state index contributed by atoms with van der Waals surface area (Å²) in [6, 6.07) is 1.14. The molecule has 0 saturated carbocycles. The Morgan fingerprint density at radius 3 is 2.57 bits per heavy atom. The Hall–Kier alpha value is -2.23. The van der Waals surface area contributed by atoms with Crippen molar-refractivity contribution in [3.05, 3.63) is 27.9 Å². The van der Waals surface area contributed by atoms with Gasteiger partial charge in [0.05, 0.1) is 22.0 Å². The first kappa shape index (κ1) is 15.2. The van der Waals surface area contributed by atoms with Gasteiger partial charge in [-0.1, -0.05) is 0 Å². The lowest BCUT2D eigenvalue weighted by atomic mass is 10.2. The molecule has 1 saturated heterocycles. The van der Waals surface area contributed by atoms with Crippen LogP contribution in [0.3, 0.4) is 0 Å². The van der Waals surface area contributed by atoms with Crippen molar-refractivity contribution in [1.29, 1.82) is 0 Å². The molecule has 1 N–H and O–H groups in total. The fourth-order valence-corrected chi connectivity index (χ4v) is 3.20. The van der Waals surface area contributed by atoms with E-state index in [0.29, 0.717) is 0 Å². The number of sulfone groups is 1. The van der Waals surface area contributed by atoms with Gasteiger partial charge in [-0.15, -0.1) is 0 Å². The minimum absolute atomic E-state index is 0.0611. The summed E-state index contributed by atoms with van der Waals surface area (Å²) in [6.07, 6.45) is 1.06. The van der Waals surface area contributed by atoms with Crippen molar-refractivity contribution in [3.63, 3.8) is 0 Å². The number of pyridine rings is 1. The lowest BCUT2D eigenvalue weighted by molar-refractivity contribution is -0.385. The molecule has 9 nitrogen and oxygen atoms in total. The molecule has 2 rings (SSSR count). The van der Waals surface area contributed by atoms with Gasteiger partial charge in [0.1, 0.15) is 12.0 Å². The fraction of sp³-hybridized carbons (Fsp3) is 0.455. The number of aromatic nitrogens is 1. The second-order valence-corrected chi connectivity index (χ2v) is 6.84. The van der Waals surface area contributed by atoms with Gasteiger partial charge in [0.2, 0.25) is 0 Å². The molecule has 0 bridgehead atoms. The Morgan fingerprint density at radius 2 is 2.05 bits per heavy atom. The Labute approximate surface area is 121 Å². The van der Waals surface area contributed by atoms with Gasteiger partial charge in [-0.25, -0.2) is 13.4 Å². The average Bonchev–Trinajstić information content (AvgIpc) is 2.45. The second-order valence-electron chi connectivity index (χ2n) is 4.54. The predicted octanol–water partition coefficient (Wildman–Crippen LogP) is -0.0979. The van der Waals surface area contributed by atoms with Crippen molar-refractivity contribution in [2.45, 2.75) is 0 Å². The second kappa shape index (κ2) is 5.64. The number of anilines is 1. The summed E-state index contributed by atoms with van der Waals surface area (Å²) < 4.78 is 22.7. The van der Waals surface area contributed by atoms with E-state index in [2.05, 4.69) is 10.3 Å². The fourth-order valence-electron chi connectivity index (χ4n) is 2.00. The molecule has 0 atom stereocenters. The van der Waals surface area contributed by atoms with Crippen molar-refractivity contribution in [3.8, 4) is 0 Å². The summed E-state index contributed by atoms with van der Waals surface area (Å²) in [7, 11) is -1.55. The van der Waals surface area contributed by atoms with Gasteiger partial charge >= 0.3 is 0 Å². The molecule has 0 spiro atoms. The first-order chi connectivity index (χ1) is 9.84. The van der Waals surface area contributed by atoms with Gasteiger partial charge in [0.15, 0.2) is 9.84 Å². The third kappa shape index (κ3) is 3.27. The van der Waals surface area contributed by atoms with Gasteiger partial charge in [0, 0.05) is 26.2 Å². The average molecular weight is 314 g/mol. The van der Waals surface area contributed by atoms with Crippen LogP contribution in [0.15, 0.2) is 12.3 Å². The third-order valence-electron chi connectivity index (χ3n) is 3.18. The van der Waals surface area contributed by atoms with E-state index in [-0.39, 0.29) is 41.7 Å². The molecule has 0 aliphatic carbocycles. The SMILES string of the molecule is CNc1ncc([N+](=O)[O-])cc1C(=O)N1CCS(=O)(=O)CC1. The third-order valence-corrected chi connectivity index (χ3v) is 4.79. The highest BCUT2D eigenvalue weighted by molar-refractivity contribution is 7.91. The van der Waals surface area contributed by atoms with Gasteiger partial charge in [-0.2, -0.15) is 0 Å². The quantitative estimate of drug-likeness (QED) is 0.610. The smallest absolute Gasteiger partial charge is 0.288 e. The minimum Gasteiger partial charge on any atom is -0.372 e. The van der Waals surface area contributed by atoms with E-state index >= 15 is 0 Å². The summed E-state index contributed by atoms with van der Waals surface area (Å²) in [5.74, 6) is -0.448. The zero-order chi connectivity index (χ0) is 15.6. The van der Waals surface area contributed by atoms with Crippen LogP contribution in [-0.2, 0) is 9.84 Å². The minimum atomic E-state index is -3.10. The largest absolute Gasteiger partial charge is 0.372 e. The molecule has 21 heavy (non-hydrogen) atoms. The van der Waals surface area contributed by atoms with Gasteiger partial charge in [-0.3, -0.25) is 14.9 Å². The molecule has 1 fully saturated rings. The van der Waals surface area contributed by atoms with E-state index in [1.165, 1.54) is 4.90 Å². The van der Waals surface area contributed by atoms with Crippen molar-refractivity contribution in [2.75, 3.05) is 37.0 Å². The number of carbonyl (C=O) groups is 1. The topological polar surface area (TPSA) is 123 Å². The molecule has 1 aromatic rings. The summed E-state index contributed by atoms with van der Waals surface area (Å²) in [5, 5.41) is 13.5. The summed E-state index contributed by atoms with van der Waals surface area (Å²) in [4.78, 5) is 27.7. The maximum atomic E-state index is 12.4. The Bertz CT molecular complexity index is 674. The van der Waals surface area contributed by atoms with Gasteiger partial charge in [0.25, 0.3) is 11.6 Å². The molecule has 1 amide bonds. The number of amides is 1. The van der Waals surface area contributed by atoms with E-state index in [0.717, 1.165) is 12.3 Å². The van der Waals surface area contributed by atoms with Crippen LogP contribution >= 0.6 is 0 Å². The van der Waals surface area contributed by atoms with Crippen LogP contribution in [-0.4, -0.2) is 60.8 Å². The number of nitrogens with one attached hydrogen (secondary N) is 1. The van der Waals surface area contributed by atoms with Crippen LogP contribution in [0.4, 0.5) is 11.5 Å². The van der Waals surface area contributed by atoms with Crippen molar-refractivity contribution in [1.82, 2.24) is 9.88 Å². The molecule has 2 heterocycles. The molecular weight excluding hydrogens is 300 g/mol. The number of hydrogen-bond donors (Lipinski definition) is 1. The highest BCUT2D eigenvalue weighted by atomic mass is 32.2. The van der Waals surface area contributed by atoms with Crippen LogP contribution in [0, 0.1) is 10.1 Å². The van der Waals surface area contributed by atoms with Crippen molar-refractivity contribution < 1.29 is 18.1 Å². The highest BCUT2D eigenvalue weighted by Gasteiger charge is 2.28. The maximum absolute atomic E-state index is 12.4. The van der Waals surface area contributed by atoms with Crippen molar-refractivity contribution in [2.24, 2.45) is 0 Å². The van der Waals surface area contributed by atoms with Crippen LogP contribution in [0.2, 0.25) is 0 Å². The molecule has 0 aromatic carbocycles. The van der Waals surface area contributed by atoms with E-state index in [4.69, 9.17) is 0 Å². The van der Waals surface area contributed by atoms with Gasteiger partial charge < -0.3 is 10.2 Å². The first-order valence-corrected chi connectivity index (χ1v) is 7.98. The first-order valence-electron chi connectivity index (χ1n) is 6.16. The maximum Gasteiger partial charge on any atom is 0.288 e. The standard InChI is InChI=1S/C11H14N4O5S/c1-12-10-9(6-8(7-13-10)15(17)18)11(16)14-2-4-21(19,20)5-3-14/h6-7H,2-5H2,1H3,(H,12,13). The highest BCUT2D eigenvalue weighted by Crippen LogP contribution is 2.21. The summed E-state index contributed by atoms with van der Waals surface area (Å²) in [6.45, 7) is 0.153. The van der Waals surface area contributed by atoms with Crippen molar-refractivity contribution >= 4 is 27.2 Å². The van der Waals surface area contributed by atoms with E-state index in [1.807, 2.05) is 0 Å². The molecule has 0 unspecified atom stereocenters. The number of nitrogens with zero attached hydrogens (tertiary/aromatic N) is 3. The van der Waals surface area contributed by atoms with Gasteiger partial charge in [-0.05, 0) is 0 Å². The molecule has 1 aliphatic heterocycles. The predicted molar refractivity (Wildman–Crippen MR) is 75.0 cm³/mol. The molecule has 10 heteroatoms. The number of carbonyl (C=O) groups excluding carboxylic acids is 1. The normalized spacial score (nSPS) is 17.3. The van der Waals surface area contributed by atoms with E-state index in [9.17, 15) is 23.3 Å². The Kier molecular flexibility index (Phi) is 4.07. The molecule has 0 radical (unpaired) electrons. The van der Waals surface area contributed by atoms with E-state index in [1.54, 1.807) is 7.05 Å². The molecule has 114 valence electrons. The lowest BCUT2D eigenvalue weighted by Crippen LogP contribution is -2.43. The molecule has 1 aliphatic rings. The van der Waals surface area contributed by atoms with Crippen LogP contribution in [0.25, 0.3) is 0 Å². The van der Waals surface area contributed by atoms with Crippen LogP contribution in [0.5, 0.6) is 0 Å². The zero-order valence-electron chi connectivity index (χ0n) is 11.3.